The third-order valence-corrected chi connectivity index (χ3v) is 4.81. The first-order valence-electron chi connectivity index (χ1n) is 9.61. The Kier molecular flexibility index (Phi) is 6.05. The summed E-state index contributed by atoms with van der Waals surface area (Å²) < 4.78 is 10.7. The Balaban J connectivity index is 1.74. The number of carbonyl (C=O) groups is 1. The van der Waals surface area contributed by atoms with E-state index in [0.29, 0.717) is 5.89 Å². The highest BCUT2D eigenvalue weighted by atomic mass is 16.6. The first-order chi connectivity index (χ1) is 14.6. The van der Waals surface area contributed by atoms with Gasteiger partial charge in [-0.15, -0.1) is 10.2 Å². The Morgan fingerprint density at radius 2 is 1.84 bits per heavy atom. The van der Waals surface area contributed by atoms with Crippen LogP contribution in [0.4, 0.5) is 5.69 Å². The summed E-state index contributed by atoms with van der Waals surface area (Å²) in [6.07, 6.45) is 0. The van der Waals surface area contributed by atoms with E-state index < -0.39 is 10.8 Å². The van der Waals surface area contributed by atoms with Crippen molar-refractivity contribution >= 4 is 11.6 Å². The number of benzene rings is 2. The summed E-state index contributed by atoms with van der Waals surface area (Å²) in [6, 6.07) is 11.9. The highest BCUT2D eigenvalue weighted by molar-refractivity contribution is 5.95. The normalized spacial score (nSPS) is 11.3. The van der Waals surface area contributed by atoms with Gasteiger partial charge in [-0.25, -0.2) is 0 Å². The molecule has 0 atom stereocenters. The molecule has 0 unspecified atom stereocenters. The number of aromatic nitrogens is 2. The fourth-order valence-electron chi connectivity index (χ4n) is 3.01. The number of hydrogen-bond donors (Lipinski definition) is 0. The van der Waals surface area contributed by atoms with Gasteiger partial charge in [0.1, 0.15) is 0 Å². The standard InChI is InChI=1S/C22H24N4O5/c1-22(2,3)16-9-6-14(7-10-16)20-24-23-19(31-20)13-25(4)21(27)15-8-11-18(30-5)17(12-15)26(28)29/h6-12H,13H2,1-5H3. The van der Waals surface area contributed by atoms with Crippen LogP contribution in [0.1, 0.15) is 42.6 Å². The summed E-state index contributed by atoms with van der Waals surface area (Å²) in [5.74, 6) is 0.286. The van der Waals surface area contributed by atoms with Crippen molar-refractivity contribution < 1.29 is 18.9 Å². The van der Waals surface area contributed by atoms with E-state index in [2.05, 4.69) is 31.0 Å². The van der Waals surface area contributed by atoms with E-state index in [1.165, 1.54) is 35.8 Å². The van der Waals surface area contributed by atoms with Gasteiger partial charge in [0.15, 0.2) is 5.75 Å². The number of ether oxygens (including phenoxy) is 1. The van der Waals surface area contributed by atoms with E-state index in [4.69, 9.17) is 9.15 Å². The lowest BCUT2D eigenvalue weighted by Crippen LogP contribution is -2.26. The molecule has 1 amide bonds. The molecular formula is C22H24N4O5. The summed E-state index contributed by atoms with van der Waals surface area (Å²) in [4.78, 5) is 24.7. The minimum Gasteiger partial charge on any atom is -0.490 e. The molecule has 0 aliphatic carbocycles. The molecule has 0 radical (unpaired) electrons. The predicted octanol–water partition coefficient (Wildman–Crippen LogP) is 4.22. The zero-order chi connectivity index (χ0) is 22.8. The van der Waals surface area contributed by atoms with Crippen LogP contribution in [0.15, 0.2) is 46.9 Å². The van der Waals surface area contributed by atoms with E-state index in [1.807, 2.05) is 24.3 Å². The number of amides is 1. The molecule has 162 valence electrons. The van der Waals surface area contributed by atoms with Crippen molar-refractivity contribution in [3.63, 3.8) is 0 Å². The Bertz CT molecular complexity index is 1100. The summed E-state index contributed by atoms with van der Waals surface area (Å²) >= 11 is 0. The van der Waals surface area contributed by atoms with Gasteiger partial charge in [-0.2, -0.15) is 0 Å². The van der Waals surface area contributed by atoms with Crippen LogP contribution in [0.25, 0.3) is 11.5 Å². The highest BCUT2D eigenvalue weighted by Gasteiger charge is 2.22. The summed E-state index contributed by atoms with van der Waals surface area (Å²) in [6.45, 7) is 6.47. The van der Waals surface area contributed by atoms with Gasteiger partial charge in [-0.3, -0.25) is 14.9 Å². The summed E-state index contributed by atoms with van der Waals surface area (Å²) in [7, 11) is 2.89. The first kappa shape index (κ1) is 21.9. The van der Waals surface area contributed by atoms with Crippen LogP contribution in [0.2, 0.25) is 0 Å². The van der Waals surface area contributed by atoms with Crippen LogP contribution < -0.4 is 4.74 Å². The van der Waals surface area contributed by atoms with Crippen molar-refractivity contribution in [3.8, 4) is 17.2 Å². The smallest absolute Gasteiger partial charge is 0.311 e. The maximum absolute atomic E-state index is 12.7. The molecule has 0 spiro atoms. The number of carbonyl (C=O) groups excluding carboxylic acids is 1. The van der Waals surface area contributed by atoms with Crippen molar-refractivity contribution in [1.82, 2.24) is 15.1 Å². The molecule has 3 aromatic rings. The lowest BCUT2D eigenvalue weighted by atomic mass is 9.87. The fourth-order valence-corrected chi connectivity index (χ4v) is 3.01. The average Bonchev–Trinajstić information content (AvgIpc) is 3.20. The maximum atomic E-state index is 12.7. The molecule has 0 N–H and O–H groups in total. The van der Waals surface area contributed by atoms with E-state index >= 15 is 0 Å². The van der Waals surface area contributed by atoms with E-state index in [0.717, 1.165) is 5.56 Å². The van der Waals surface area contributed by atoms with Crippen molar-refractivity contribution in [3.05, 3.63) is 69.6 Å². The Labute approximate surface area is 179 Å². The molecule has 0 saturated carbocycles. The monoisotopic (exact) mass is 424 g/mol. The molecule has 31 heavy (non-hydrogen) atoms. The number of nitrogens with zero attached hydrogens (tertiary/aromatic N) is 4. The van der Waals surface area contributed by atoms with Gasteiger partial charge in [-0.05, 0) is 35.2 Å². The molecule has 1 heterocycles. The van der Waals surface area contributed by atoms with Gasteiger partial charge in [0.2, 0.25) is 11.8 Å². The molecule has 9 nitrogen and oxygen atoms in total. The van der Waals surface area contributed by atoms with Crippen molar-refractivity contribution in [2.24, 2.45) is 0 Å². The van der Waals surface area contributed by atoms with Gasteiger partial charge in [0.25, 0.3) is 5.91 Å². The van der Waals surface area contributed by atoms with Crippen molar-refractivity contribution in [1.29, 1.82) is 0 Å². The van der Waals surface area contributed by atoms with Crippen LogP contribution in [-0.2, 0) is 12.0 Å². The van der Waals surface area contributed by atoms with Gasteiger partial charge in [-0.1, -0.05) is 32.9 Å². The molecule has 0 bridgehead atoms. The quantitative estimate of drug-likeness (QED) is 0.430. The second kappa shape index (κ2) is 8.55. The molecule has 9 heteroatoms. The number of methoxy groups -OCH3 is 1. The topological polar surface area (TPSA) is 112 Å². The van der Waals surface area contributed by atoms with E-state index in [1.54, 1.807) is 7.05 Å². The Morgan fingerprint density at radius 3 is 2.42 bits per heavy atom. The number of nitro groups is 1. The Morgan fingerprint density at radius 1 is 1.16 bits per heavy atom. The third-order valence-electron chi connectivity index (χ3n) is 4.81. The molecule has 0 fully saturated rings. The highest BCUT2D eigenvalue weighted by Crippen LogP contribution is 2.28. The van der Waals surface area contributed by atoms with Crippen LogP contribution in [-0.4, -0.2) is 40.1 Å². The number of rotatable bonds is 6. The number of nitro benzene ring substituents is 1. The fraction of sp³-hybridized carbons (Fsp3) is 0.318. The lowest BCUT2D eigenvalue weighted by molar-refractivity contribution is -0.385. The Hall–Kier alpha value is -3.75. The third kappa shape index (κ3) is 4.88. The molecule has 0 aliphatic heterocycles. The SMILES string of the molecule is COc1ccc(C(=O)N(C)Cc2nnc(-c3ccc(C(C)(C)C)cc3)o2)cc1[N+](=O)[O-]. The predicted molar refractivity (Wildman–Crippen MR) is 114 cm³/mol. The van der Waals surface area contributed by atoms with Crippen LogP contribution >= 0.6 is 0 Å². The summed E-state index contributed by atoms with van der Waals surface area (Å²) in [5.41, 5.74) is 1.90. The molecule has 0 aliphatic rings. The van der Waals surface area contributed by atoms with Gasteiger partial charge in [0.05, 0.1) is 18.6 Å². The molecule has 1 aromatic heterocycles. The van der Waals surface area contributed by atoms with E-state index in [-0.39, 0.29) is 34.9 Å². The van der Waals surface area contributed by atoms with Crippen molar-refractivity contribution in [2.45, 2.75) is 32.7 Å². The molecule has 0 saturated heterocycles. The van der Waals surface area contributed by atoms with Crippen molar-refractivity contribution in [2.75, 3.05) is 14.2 Å². The second-order valence-corrected chi connectivity index (χ2v) is 8.13. The second-order valence-electron chi connectivity index (χ2n) is 8.13. The zero-order valence-electron chi connectivity index (χ0n) is 18.1. The van der Waals surface area contributed by atoms with Gasteiger partial charge >= 0.3 is 5.69 Å². The summed E-state index contributed by atoms with van der Waals surface area (Å²) in [5, 5.41) is 19.3. The maximum Gasteiger partial charge on any atom is 0.311 e. The largest absolute Gasteiger partial charge is 0.490 e. The lowest BCUT2D eigenvalue weighted by Gasteiger charge is -2.18. The molecule has 2 aromatic carbocycles. The average molecular weight is 424 g/mol. The van der Waals surface area contributed by atoms with Gasteiger partial charge in [0, 0.05) is 24.2 Å². The zero-order valence-corrected chi connectivity index (χ0v) is 18.1. The number of hydrogen-bond acceptors (Lipinski definition) is 7. The van der Waals surface area contributed by atoms with Crippen LogP contribution in [0.3, 0.4) is 0 Å². The van der Waals surface area contributed by atoms with Crippen LogP contribution in [0, 0.1) is 10.1 Å². The van der Waals surface area contributed by atoms with Gasteiger partial charge < -0.3 is 14.1 Å². The molecular weight excluding hydrogens is 400 g/mol. The molecule has 3 rings (SSSR count). The minimum absolute atomic E-state index is 0.0398. The first-order valence-corrected chi connectivity index (χ1v) is 9.61. The van der Waals surface area contributed by atoms with E-state index in [9.17, 15) is 14.9 Å². The van der Waals surface area contributed by atoms with Crippen LogP contribution in [0.5, 0.6) is 5.75 Å². The minimum atomic E-state index is -0.592.